The van der Waals surface area contributed by atoms with E-state index in [1.54, 1.807) is 41.3 Å². The van der Waals surface area contributed by atoms with Gasteiger partial charge in [-0.2, -0.15) is 4.31 Å². The van der Waals surface area contributed by atoms with Gasteiger partial charge in [0.15, 0.2) is 0 Å². The molecule has 1 fully saturated rings. The van der Waals surface area contributed by atoms with E-state index in [2.05, 4.69) is 0 Å². The molecule has 1 amide bonds. The molecule has 0 aromatic heterocycles. The van der Waals surface area contributed by atoms with Gasteiger partial charge >= 0.3 is 0 Å². The molecule has 0 saturated carbocycles. The van der Waals surface area contributed by atoms with Crippen molar-refractivity contribution in [2.75, 3.05) is 13.1 Å². The second-order valence-electron chi connectivity index (χ2n) is 7.08. The number of hydrogen-bond acceptors (Lipinski definition) is 3. The average Bonchev–Trinajstić information content (AvgIpc) is 3.21. The summed E-state index contributed by atoms with van der Waals surface area (Å²) < 4.78 is 28.3. The van der Waals surface area contributed by atoms with E-state index in [0.717, 1.165) is 11.1 Å². The third-order valence-electron chi connectivity index (χ3n) is 5.14. The van der Waals surface area contributed by atoms with Crippen LogP contribution >= 0.6 is 0 Å². The number of rotatable bonds is 4. The maximum Gasteiger partial charge on any atom is 0.255 e. The molecule has 6 heteroatoms. The zero-order chi connectivity index (χ0) is 20.4. The molecule has 0 radical (unpaired) electrons. The first-order chi connectivity index (χ1) is 14.0. The maximum absolute atomic E-state index is 13.4. The van der Waals surface area contributed by atoms with Gasteiger partial charge in [-0.05, 0) is 36.8 Å². The number of aryl methyl sites for hydroxylation is 1. The molecule has 5 nitrogen and oxygen atoms in total. The van der Waals surface area contributed by atoms with E-state index >= 15 is 0 Å². The van der Waals surface area contributed by atoms with Gasteiger partial charge in [0.2, 0.25) is 10.0 Å². The van der Waals surface area contributed by atoms with Crippen molar-refractivity contribution in [2.45, 2.75) is 18.0 Å². The van der Waals surface area contributed by atoms with Crippen LogP contribution in [0.1, 0.15) is 27.7 Å². The van der Waals surface area contributed by atoms with Crippen molar-refractivity contribution in [3.63, 3.8) is 0 Å². The van der Waals surface area contributed by atoms with E-state index in [9.17, 15) is 13.2 Å². The fourth-order valence-electron chi connectivity index (χ4n) is 3.63. The number of nitrogens with zero attached hydrogens (tertiary/aromatic N) is 2. The lowest BCUT2D eigenvalue weighted by molar-refractivity contribution is 0.0693. The van der Waals surface area contributed by atoms with Crippen LogP contribution in [0, 0.1) is 6.92 Å². The monoisotopic (exact) mass is 406 g/mol. The molecule has 0 bridgehead atoms. The van der Waals surface area contributed by atoms with Crippen LogP contribution in [0.2, 0.25) is 0 Å². The minimum atomic E-state index is -3.76. The van der Waals surface area contributed by atoms with E-state index in [4.69, 9.17) is 0 Å². The summed E-state index contributed by atoms with van der Waals surface area (Å²) in [6, 6.07) is 25.1. The Bertz CT molecular complexity index is 1100. The molecule has 1 atom stereocenters. The lowest BCUT2D eigenvalue weighted by atomic mass is 10.1. The van der Waals surface area contributed by atoms with Crippen LogP contribution < -0.4 is 0 Å². The highest BCUT2D eigenvalue weighted by Crippen LogP contribution is 2.35. The van der Waals surface area contributed by atoms with Crippen LogP contribution in [0.3, 0.4) is 0 Å². The summed E-state index contributed by atoms with van der Waals surface area (Å²) in [5.74, 6) is -0.180. The largest absolute Gasteiger partial charge is 0.316 e. The lowest BCUT2D eigenvalue weighted by Gasteiger charge is -2.30. The molecule has 148 valence electrons. The third kappa shape index (κ3) is 3.69. The fourth-order valence-corrected chi connectivity index (χ4v) is 5.21. The van der Waals surface area contributed by atoms with Crippen molar-refractivity contribution in [2.24, 2.45) is 0 Å². The second kappa shape index (κ2) is 7.81. The Morgan fingerprint density at radius 3 is 2.03 bits per heavy atom. The van der Waals surface area contributed by atoms with Gasteiger partial charge in [-0.15, -0.1) is 0 Å². The predicted molar refractivity (Wildman–Crippen MR) is 112 cm³/mol. The molecule has 4 rings (SSSR count). The van der Waals surface area contributed by atoms with Gasteiger partial charge in [-0.25, -0.2) is 8.42 Å². The van der Waals surface area contributed by atoms with Gasteiger partial charge in [-0.3, -0.25) is 4.79 Å². The first-order valence-electron chi connectivity index (χ1n) is 9.48. The van der Waals surface area contributed by atoms with Crippen LogP contribution in [0.5, 0.6) is 0 Å². The minimum Gasteiger partial charge on any atom is -0.316 e. The zero-order valence-corrected chi connectivity index (χ0v) is 16.9. The summed E-state index contributed by atoms with van der Waals surface area (Å²) in [7, 11) is -3.76. The van der Waals surface area contributed by atoms with E-state index in [-0.39, 0.29) is 17.3 Å². The normalized spacial score (nSPS) is 17.4. The summed E-state index contributed by atoms with van der Waals surface area (Å²) >= 11 is 0. The molecule has 0 N–H and O–H groups in total. The number of sulfonamides is 1. The molecule has 3 aromatic carbocycles. The lowest BCUT2D eigenvalue weighted by Crippen LogP contribution is -2.38. The second-order valence-corrected chi connectivity index (χ2v) is 8.97. The van der Waals surface area contributed by atoms with Crippen LogP contribution in [0.15, 0.2) is 89.8 Å². The Kier molecular flexibility index (Phi) is 5.22. The van der Waals surface area contributed by atoms with Gasteiger partial charge < -0.3 is 4.90 Å². The highest BCUT2D eigenvalue weighted by Gasteiger charge is 2.43. The Balaban J connectivity index is 1.76. The van der Waals surface area contributed by atoms with Crippen LogP contribution in [0.4, 0.5) is 0 Å². The number of benzene rings is 3. The third-order valence-corrected chi connectivity index (χ3v) is 7.00. The van der Waals surface area contributed by atoms with E-state index in [1.807, 2.05) is 55.5 Å². The molecule has 1 aliphatic rings. The molecular formula is C23H22N2O3S. The van der Waals surface area contributed by atoms with Gasteiger partial charge in [0, 0.05) is 18.7 Å². The first-order valence-corrected chi connectivity index (χ1v) is 10.9. The Morgan fingerprint density at radius 1 is 0.828 bits per heavy atom. The van der Waals surface area contributed by atoms with E-state index < -0.39 is 16.2 Å². The predicted octanol–water partition coefficient (Wildman–Crippen LogP) is 3.84. The van der Waals surface area contributed by atoms with Gasteiger partial charge in [0.25, 0.3) is 5.91 Å². The van der Waals surface area contributed by atoms with Crippen LogP contribution in [-0.4, -0.2) is 36.6 Å². The number of hydrogen-bond donors (Lipinski definition) is 0. The van der Waals surface area contributed by atoms with Gasteiger partial charge in [-0.1, -0.05) is 66.2 Å². The molecule has 3 aromatic rings. The van der Waals surface area contributed by atoms with Crippen LogP contribution in [0.25, 0.3) is 0 Å². The van der Waals surface area contributed by atoms with E-state index in [1.165, 1.54) is 4.31 Å². The van der Waals surface area contributed by atoms with Crippen molar-refractivity contribution in [3.8, 4) is 0 Å². The van der Waals surface area contributed by atoms with Gasteiger partial charge in [0.1, 0.15) is 6.17 Å². The minimum absolute atomic E-state index is 0.180. The van der Waals surface area contributed by atoms with Crippen molar-refractivity contribution in [1.82, 2.24) is 9.21 Å². The molecule has 1 unspecified atom stereocenters. The molecule has 29 heavy (non-hydrogen) atoms. The van der Waals surface area contributed by atoms with Gasteiger partial charge in [0.05, 0.1) is 4.90 Å². The molecule has 0 aliphatic carbocycles. The fraction of sp³-hybridized carbons (Fsp3) is 0.174. The Hall–Kier alpha value is -2.96. The van der Waals surface area contributed by atoms with Crippen molar-refractivity contribution >= 4 is 15.9 Å². The van der Waals surface area contributed by atoms with Crippen molar-refractivity contribution < 1.29 is 13.2 Å². The van der Waals surface area contributed by atoms with Crippen molar-refractivity contribution in [1.29, 1.82) is 0 Å². The Morgan fingerprint density at radius 2 is 1.41 bits per heavy atom. The standard InChI is InChI=1S/C23H22N2O3S/c1-18-12-14-21(15-13-18)29(27,28)25-17-16-24(22(25)19-8-4-2-5-9-19)23(26)20-10-6-3-7-11-20/h2-15,22H,16-17H2,1H3. The highest BCUT2D eigenvalue weighted by atomic mass is 32.2. The summed E-state index contributed by atoms with van der Waals surface area (Å²) in [5, 5.41) is 0. The van der Waals surface area contributed by atoms with Crippen LogP contribution in [-0.2, 0) is 10.0 Å². The smallest absolute Gasteiger partial charge is 0.255 e. The summed E-state index contributed by atoms with van der Waals surface area (Å²) in [4.78, 5) is 15.1. The molecule has 1 aliphatic heterocycles. The molecule has 0 spiro atoms. The number of carbonyl (C=O) groups excluding carboxylic acids is 1. The van der Waals surface area contributed by atoms with E-state index in [0.29, 0.717) is 12.1 Å². The number of carbonyl (C=O) groups is 1. The summed E-state index contributed by atoms with van der Waals surface area (Å²) in [6.07, 6.45) is -0.685. The average molecular weight is 407 g/mol. The quantitative estimate of drug-likeness (QED) is 0.661. The summed E-state index contributed by atoms with van der Waals surface area (Å²) in [5.41, 5.74) is 2.30. The topological polar surface area (TPSA) is 57.7 Å². The highest BCUT2D eigenvalue weighted by molar-refractivity contribution is 7.89. The molecule has 1 heterocycles. The first kappa shape index (κ1) is 19.4. The summed E-state index contributed by atoms with van der Waals surface area (Å²) in [6.45, 7) is 2.49. The zero-order valence-electron chi connectivity index (χ0n) is 16.1. The number of amides is 1. The maximum atomic E-state index is 13.4. The van der Waals surface area contributed by atoms with Crippen molar-refractivity contribution in [3.05, 3.63) is 102 Å². The molecule has 1 saturated heterocycles. The Labute approximate surface area is 171 Å². The SMILES string of the molecule is Cc1ccc(S(=O)(=O)N2CCN(C(=O)c3ccccc3)C2c2ccccc2)cc1. The molecular weight excluding hydrogens is 384 g/mol.